The molecule has 0 radical (unpaired) electrons. The van der Waals surface area contributed by atoms with Crippen molar-refractivity contribution < 1.29 is 13.2 Å². The third kappa shape index (κ3) is 2.22. The van der Waals surface area contributed by atoms with E-state index in [1.165, 1.54) is 18.2 Å². The molecular formula is C12H8F3N5O. The maximum Gasteiger partial charge on any atom is 0.417 e. The number of nitrogens with zero attached hydrogens (tertiary/aromatic N) is 2. The van der Waals surface area contributed by atoms with Crippen molar-refractivity contribution in [2.75, 3.05) is 5.73 Å². The average Bonchev–Trinajstić information content (AvgIpc) is 2.81. The number of fused-ring (bicyclic) bond motifs is 1. The summed E-state index contributed by atoms with van der Waals surface area (Å²) < 4.78 is 39.0. The molecule has 2 heterocycles. The first-order valence-electron chi connectivity index (χ1n) is 5.78. The molecule has 0 saturated carbocycles. The van der Waals surface area contributed by atoms with E-state index in [2.05, 4.69) is 19.9 Å². The molecule has 108 valence electrons. The molecule has 0 bridgehead atoms. The van der Waals surface area contributed by atoms with Crippen LogP contribution in [0.25, 0.3) is 22.6 Å². The van der Waals surface area contributed by atoms with Gasteiger partial charge in [0.25, 0.3) is 5.56 Å². The minimum Gasteiger partial charge on any atom is -0.369 e. The largest absolute Gasteiger partial charge is 0.417 e. The van der Waals surface area contributed by atoms with Crippen LogP contribution in [0.2, 0.25) is 0 Å². The quantitative estimate of drug-likeness (QED) is 0.638. The van der Waals surface area contributed by atoms with E-state index in [1.807, 2.05) is 0 Å². The molecule has 0 aliphatic heterocycles. The molecular weight excluding hydrogens is 287 g/mol. The summed E-state index contributed by atoms with van der Waals surface area (Å²) in [7, 11) is 0. The van der Waals surface area contributed by atoms with Crippen LogP contribution >= 0.6 is 0 Å². The molecule has 3 rings (SSSR count). The Balaban J connectivity index is 2.27. The van der Waals surface area contributed by atoms with Gasteiger partial charge in [0.2, 0.25) is 5.95 Å². The molecule has 1 aromatic carbocycles. The number of alkyl halides is 3. The first-order chi connectivity index (χ1) is 9.86. The Labute approximate surface area is 114 Å². The number of H-pyrrole nitrogens is 2. The Kier molecular flexibility index (Phi) is 2.71. The highest BCUT2D eigenvalue weighted by molar-refractivity contribution is 5.76. The molecule has 0 atom stereocenters. The zero-order valence-electron chi connectivity index (χ0n) is 10.3. The van der Waals surface area contributed by atoms with Crippen molar-refractivity contribution in [3.8, 4) is 11.4 Å². The number of benzene rings is 1. The predicted molar refractivity (Wildman–Crippen MR) is 69.4 cm³/mol. The van der Waals surface area contributed by atoms with Gasteiger partial charge in [0.05, 0.1) is 5.56 Å². The monoisotopic (exact) mass is 295 g/mol. The van der Waals surface area contributed by atoms with Crippen LogP contribution in [-0.4, -0.2) is 19.9 Å². The molecule has 21 heavy (non-hydrogen) atoms. The lowest BCUT2D eigenvalue weighted by Gasteiger charge is -2.10. The molecule has 0 aliphatic carbocycles. The molecule has 9 heteroatoms. The van der Waals surface area contributed by atoms with Crippen molar-refractivity contribution in [1.82, 2.24) is 19.9 Å². The third-order valence-corrected chi connectivity index (χ3v) is 2.87. The van der Waals surface area contributed by atoms with E-state index in [4.69, 9.17) is 5.73 Å². The van der Waals surface area contributed by atoms with Gasteiger partial charge in [-0.25, -0.2) is 4.98 Å². The zero-order chi connectivity index (χ0) is 15.2. The van der Waals surface area contributed by atoms with Crippen molar-refractivity contribution in [2.24, 2.45) is 0 Å². The zero-order valence-corrected chi connectivity index (χ0v) is 10.3. The molecule has 2 aromatic heterocycles. The summed E-state index contributed by atoms with van der Waals surface area (Å²) in [5.41, 5.74) is 3.69. The molecule has 0 amide bonds. The van der Waals surface area contributed by atoms with E-state index in [9.17, 15) is 18.0 Å². The van der Waals surface area contributed by atoms with Crippen molar-refractivity contribution in [3.05, 3.63) is 40.2 Å². The molecule has 0 aliphatic rings. The van der Waals surface area contributed by atoms with Crippen LogP contribution in [0.15, 0.2) is 29.1 Å². The van der Waals surface area contributed by atoms with E-state index in [1.54, 1.807) is 0 Å². The molecule has 0 spiro atoms. The second-order valence-electron chi connectivity index (χ2n) is 4.28. The first-order valence-corrected chi connectivity index (χ1v) is 5.78. The lowest BCUT2D eigenvalue weighted by molar-refractivity contribution is -0.137. The van der Waals surface area contributed by atoms with Gasteiger partial charge in [-0.2, -0.15) is 18.2 Å². The SMILES string of the molecule is Nc1nc2nc(-c3ccccc3C(F)(F)F)[nH]c2c(=O)[nH]1. The molecule has 3 aromatic rings. The number of anilines is 1. The Hall–Kier alpha value is -2.84. The summed E-state index contributed by atoms with van der Waals surface area (Å²) in [5.74, 6) is -0.254. The minimum absolute atomic E-state index is 0.0313. The summed E-state index contributed by atoms with van der Waals surface area (Å²) in [6.07, 6.45) is -4.53. The minimum atomic E-state index is -4.53. The van der Waals surface area contributed by atoms with Gasteiger partial charge in [0.1, 0.15) is 5.82 Å². The maximum atomic E-state index is 13.0. The Morgan fingerprint density at radius 3 is 2.52 bits per heavy atom. The third-order valence-electron chi connectivity index (χ3n) is 2.87. The van der Waals surface area contributed by atoms with Gasteiger partial charge in [0.15, 0.2) is 11.2 Å². The van der Waals surface area contributed by atoms with Gasteiger partial charge in [-0.05, 0) is 6.07 Å². The van der Waals surface area contributed by atoms with Crippen LogP contribution in [0.5, 0.6) is 0 Å². The summed E-state index contributed by atoms with van der Waals surface area (Å²) in [4.78, 5) is 24.1. The van der Waals surface area contributed by atoms with Gasteiger partial charge in [-0.15, -0.1) is 0 Å². The van der Waals surface area contributed by atoms with E-state index in [0.717, 1.165) is 6.07 Å². The Morgan fingerprint density at radius 1 is 1.10 bits per heavy atom. The molecule has 4 N–H and O–H groups in total. The van der Waals surface area contributed by atoms with Gasteiger partial charge in [-0.3, -0.25) is 9.78 Å². The second-order valence-corrected chi connectivity index (χ2v) is 4.28. The highest BCUT2D eigenvalue weighted by Crippen LogP contribution is 2.36. The van der Waals surface area contributed by atoms with Crippen LogP contribution in [-0.2, 0) is 6.18 Å². The number of rotatable bonds is 1. The van der Waals surface area contributed by atoms with Crippen molar-refractivity contribution in [2.45, 2.75) is 6.18 Å². The predicted octanol–water partition coefficient (Wildman–Crippen LogP) is 1.91. The Bertz CT molecular complexity index is 880. The highest BCUT2D eigenvalue weighted by Gasteiger charge is 2.34. The molecule has 0 unspecified atom stereocenters. The number of aromatic nitrogens is 4. The van der Waals surface area contributed by atoms with Crippen LogP contribution in [0, 0.1) is 0 Å². The fourth-order valence-corrected chi connectivity index (χ4v) is 1.99. The number of nitrogens with one attached hydrogen (secondary N) is 2. The van der Waals surface area contributed by atoms with Crippen molar-refractivity contribution >= 4 is 17.1 Å². The standard InChI is InChI=1S/C12H8F3N5O/c13-12(14,15)6-4-2-1-3-5(6)8-17-7-9(18-8)19-11(16)20-10(7)21/h1-4H,(H4,16,17,18,19,20,21). The van der Waals surface area contributed by atoms with Gasteiger partial charge in [-0.1, -0.05) is 18.2 Å². The van der Waals surface area contributed by atoms with Crippen LogP contribution in [0.3, 0.4) is 0 Å². The number of nitrogen functional groups attached to an aromatic ring is 1. The second kappa shape index (κ2) is 4.33. The van der Waals surface area contributed by atoms with Crippen molar-refractivity contribution in [1.29, 1.82) is 0 Å². The molecule has 0 fully saturated rings. The maximum absolute atomic E-state index is 13.0. The number of aromatic amines is 2. The van der Waals surface area contributed by atoms with Gasteiger partial charge >= 0.3 is 6.18 Å². The summed E-state index contributed by atoms with van der Waals surface area (Å²) >= 11 is 0. The van der Waals surface area contributed by atoms with E-state index < -0.39 is 17.3 Å². The van der Waals surface area contributed by atoms with Gasteiger partial charge < -0.3 is 10.7 Å². The number of nitrogens with two attached hydrogens (primary N) is 1. The highest BCUT2D eigenvalue weighted by atomic mass is 19.4. The van der Waals surface area contributed by atoms with Gasteiger partial charge in [0, 0.05) is 5.56 Å². The van der Waals surface area contributed by atoms with E-state index in [-0.39, 0.29) is 28.5 Å². The van der Waals surface area contributed by atoms with Crippen LogP contribution in [0.4, 0.5) is 19.1 Å². The van der Waals surface area contributed by atoms with Crippen molar-refractivity contribution in [3.63, 3.8) is 0 Å². The van der Waals surface area contributed by atoms with E-state index >= 15 is 0 Å². The van der Waals surface area contributed by atoms with Crippen LogP contribution in [0.1, 0.15) is 5.56 Å². The molecule has 0 saturated heterocycles. The summed E-state index contributed by atoms with van der Waals surface area (Å²) in [6, 6.07) is 4.93. The Morgan fingerprint density at radius 2 is 1.81 bits per heavy atom. The van der Waals surface area contributed by atoms with E-state index in [0.29, 0.717) is 0 Å². The summed E-state index contributed by atoms with van der Waals surface area (Å²) in [5, 5.41) is 0. The normalized spacial score (nSPS) is 12.0. The first kappa shape index (κ1) is 13.2. The number of imidazole rings is 1. The number of halogens is 3. The fourth-order valence-electron chi connectivity index (χ4n) is 1.99. The molecule has 6 nitrogen and oxygen atoms in total. The topological polar surface area (TPSA) is 100 Å². The van der Waals surface area contributed by atoms with Crippen LogP contribution < -0.4 is 11.3 Å². The number of hydrogen-bond acceptors (Lipinski definition) is 4. The fraction of sp³-hybridized carbons (Fsp3) is 0.0833. The average molecular weight is 295 g/mol. The lowest BCUT2D eigenvalue weighted by Crippen LogP contribution is -2.10. The lowest BCUT2D eigenvalue weighted by atomic mass is 10.1. The smallest absolute Gasteiger partial charge is 0.369 e. The summed E-state index contributed by atoms with van der Waals surface area (Å²) in [6.45, 7) is 0. The number of hydrogen-bond donors (Lipinski definition) is 3.